The monoisotopic (exact) mass is 280 g/mol. The molecule has 1 aromatic carbocycles. The minimum absolute atomic E-state index is 0.149. The molecule has 0 aliphatic rings. The molecule has 0 aliphatic heterocycles. The summed E-state index contributed by atoms with van der Waals surface area (Å²) in [5.74, 6) is -0.0708. The fraction of sp³-hybridized carbons (Fsp3) is 0.562. The Balaban J connectivity index is 2.47. The predicted molar refractivity (Wildman–Crippen MR) is 77.7 cm³/mol. The van der Waals surface area contributed by atoms with Gasteiger partial charge in [-0.2, -0.15) is 0 Å². The molecule has 4 heteroatoms. The number of carbonyl (C=O) groups is 1. The second kappa shape index (κ2) is 6.64. The Morgan fingerprint density at radius 3 is 2.45 bits per heavy atom. The van der Waals surface area contributed by atoms with Crippen LogP contribution >= 0.6 is 0 Å². The highest BCUT2D eigenvalue weighted by molar-refractivity contribution is 5.75. The zero-order chi connectivity index (χ0) is 15.3. The summed E-state index contributed by atoms with van der Waals surface area (Å²) in [7, 11) is 0. The molecule has 0 unspecified atom stereocenters. The van der Waals surface area contributed by atoms with Gasteiger partial charge in [-0.25, -0.2) is 0 Å². The quantitative estimate of drug-likeness (QED) is 0.620. The number of benzene rings is 1. The molecule has 0 fully saturated rings. The minimum Gasteiger partial charge on any atom is -0.504 e. The Morgan fingerprint density at radius 2 is 1.90 bits per heavy atom. The fourth-order valence-electron chi connectivity index (χ4n) is 2.29. The number of carbonyl (C=O) groups excluding carboxylic acids is 1. The van der Waals surface area contributed by atoms with E-state index in [0.717, 1.165) is 12.0 Å². The van der Waals surface area contributed by atoms with Crippen LogP contribution in [0.15, 0.2) is 18.2 Å². The van der Waals surface area contributed by atoms with E-state index in [2.05, 4.69) is 13.8 Å². The third-order valence-electron chi connectivity index (χ3n) is 3.13. The lowest BCUT2D eigenvalue weighted by atomic mass is 9.84. The van der Waals surface area contributed by atoms with Crippen molar-refractivity contribution in [1.82, 2.24) is 0 Å². The van der Waals surface area contributed by atoms with Gasteiger partial charge in [-0.3, -0.25) is 4.79 Å². The van der Waals surface area contributed by atoms with Crippen LogP contribution in [0.25, 0.3) is 0 Å². The number of ether oxygens (including phenoxy) is 1. The van der Waals surface area contributed by atoms with E-state index < -0.39 is 5.41 Å². The van der Waals surface area contributed by atoms with Gasteiger partial charge in [0, 0.05) is 6.42 Å². The van der Waals surface area contributed by atoms with Crippen LogP contribution < -0.4 is 0 Å². The molecule has 112 valence electrons. The van der Waals surface area contributed by atoms with Crippen LogP contribution in [-0.4, -0.2) is 22.8 Å². The molecule has 0 amide bonds. The standard InChI is InChI=1S/C16H24O4/c1-11(2)10-16(3,4)15(19)20-8-7-12-5-6-13(17)14(18)9-12/h5-6,9,11,17-18H,7-8,10H2,1-4H3. The van der Waals surface area contributed by atoms with Gasteiger partial charge in [-0.1, -0.05) is 19.9 Å². The summed E-state index contributed by atoms with van der Waals surface area (Å²) in [4.78, 5) is 12.0. The van der Waals surface area contributed by atoms with Gasteiger partial charge in [-0.15, -0.1) is 0 Å². The van der Waals surface area contributed by atoms with Gasteiger partial charge in [0.15, 0.2) is 11.5 Å². The third kappa shape index (κ3) is 4.76. The van der Waals surface area contributed by atoms with Crippen molar-refractivity contribution < 1.29 is 19.7 Å². The predicted octanol–water partition coefficient (Wildman–Crippen LogP) is 3.26. The van der Waals surface area contributed by atoms with Crippen LogP contribution in [0.5, 0.6) is 11.5 Å². The largest absolute Gasteiger partial charge is 0.504 e. The van der Waals surface area contributed by atoms with Crippen LogP contribution in [0.3, 0.4) is 0 Å². The van der Waals surface area contributed by atoms with Crippen molar-refractivity contribution in [3.05, 3.63) is 23.8 Å². The summed E-state index contributed by atoms with van der Waals surface area (Å²) in [5, 5.41) is 18.6. The molecule has 0 spiro atoms. The van der Waals surface area contributed by atoms with Crippen LogP contribution in [0.4, 0.5) is 0 Å². The highest BCUT2D eigenvalue weighted by Crippen LogP contribution is 2.27. The number of aromatic hydroxyl groups is 2. The molecular weight excluding hydrogens is 256 g/mol. The zero-order valence-electron chi connectivity index (χ0n) is 12.6. The van der Waals surface area contributed by atoms with Gasteiger partial charge in [0.1, 0.15) is 0 Å². The summed E-state index contributed by atoms with van der Waals surface area (Å²) in [5.41, 5.74) is 0.334. The van der Waals surface area contributed by atoms with Crippen molar-refractivity contribution in [3.8, 4) is 11.5 Å². The summed E-state index contributed by atoms with van der Waals surface area (Å²) < 4.78 is 5.30. The normalized spacial score (nSPS) is 11.7. The number of hydrogen-bond acceptors (Lipinski definition) is 4. The van der Waals surface area contributed by atoms with Crippen LogP contribution in [0, 0.1) is 11.3 Å². The van der Waals surface area contributed by atoms with Gasteiger partial charge in [-0.05, 0) is 43.9 Å². The molecular formula is C16H24O4. The van der Waals surface area contributed by atoms with Crippen molar-refractivity contribution in [2.75, 3.05) is 6.61 Å². The number of phenols is 2. The summed E-state index contributed by atoms with van der Waals surface area (Å²) in [6.07, 6.45) is 1.29. The molecule has 2 N–H and O–H groups in total. The Morgan fingerprint density at radius 1 is 1.25 bits per heavy atom. The van der Waals surface area contributed by atoms with E-state index in [0.29, 0.717) is 12.3 Å². The molecule has 0 radical (unpaired) electrons. The zero-order valence-corrected chi connectivity index (χ0v) is 12.6. The second-order valence-electron chi connectivity index (χ2n) is 6.19. The first kappa shape index (κ1) is 16.3. The van der Waals surface area contributed by atoms with Crippen molar-refractivity contribution in [2.24, 2.45) is 11.3 Å². The Kier molecular flexibility index (Phi) is 5.43. The Hall–Kier alpha value is -1.71. The molecule has 1 aromatic rings. The van der Waals surface area contributed by atoms with Crippen LogP contribution in [-0.2, 0) is 16.0 Å². The number of hydrogen-bond donors (Lipinski definition) is 2. The number of esters is 1. The molecule has 0 aliphatic carbocycles. The van der Waals surface area contributed by atoms with E-state index in [4.69, 9.17) is 4.74 Å². The van der Waals surface area contributed by atoms with E-state index in [1.54, 1.807) is 6.07 Å². The van der Waals surface area contributed by atoms with E-state index in [1.807, 2.05) is 13.8 Å². The van der Waals surface area contributed by atoms with Crippen LogP contribution in [0.1, 0.15) is 39.7 Å². The second-order valence-corrected chi connectivity index (χ2v) is 6.19. The molecule has 0 aromatic heterocycles. The average molecular weight is 280 g/mol. The van der Waals surface area contributed by atoms with E-state index in [1.165, 1.54) is 12.1 Å². The highest BCUT2D eigenvalue weighted by Gasteiger charge is 2.29. The lowest BCUT2D eigenvalue weighted by molar-refractivity contribution is -0.154. The van der Waals surface area contributed by atoms with Gasteiger partial charge in [0.25, 0.3) is 0 Å². The average Bonchev–Trinajstić information content (AvgIpc) is 2.32. The fourth-order valence-corrected chi connectivity index (χ4v) is 2.29. The number of rotatable bonds is 6. The highest BCUT2D eigenvalue weighted by atomic mass is 16.5. The lowest BCUT2D eigenvalue weighted by Gasteiger charge is -2.24. The van der Waals surface area contributed by atoms with E-state index in [-0.39, 0.29) is 24.1 Å². The van der Waals surface area contributed by atoms with Gasteiger partial charge in [0.2, 0.25) is 0 Å². The Bertz CT molecular complexity index is 464. The summed E-state index contributed by atoms with van der Waals surface area (Å²) in [6, 6.07) is 4.60. The van der Waals surface area contributed by atoms with Crippen molar-refractivity contribution in [3.63, 3.8) is 0 Å². The SMILES string of the molecule is CC(C)CC(C)(C)C(=O)OCCc1ccc(O)c(O)c1. The van der Waals surface area contributed by atoms with Crippen molar-refractivity contribution in [2.45, 2.75) is 40.5 Å². The van der Waals surface area contributed by atoms with Gasteiger partial charge < -0.3 is 14.9 Å². The molecule has 0 atom stereocenters. The third-order valence-corrected chi connectivity index (χ3v) is 3.13. The Labute approximate surface area is 120 Å². The first-order valence-electron chi connectivity index (χ1n) is 6.90. The molecule has 0 saturated carbocycles. The first-order valence-corrected chi connectivity index (χ1v) is 6.90. The van der Waals surface area contributed by atoms with Gasteiger partial charge >= 0.3 is 5.97 Å². The van der Waals surface area contributed by atoms with E-state index >= 15 is 0 Å². The minimum atomic E-state index is -0.481. The molecule has 20 heavy (non-hydrogen) atoms. The summed E-state index contributed by atoms with van der Waals surface area (Å²) >= 11 is 0. The smallest absolute Gasteiger partial charge is 0.311 e. The van der Waals surface area contributed by atoms with Crippen LogP contribution in [0.2, 0.25) is 0 Å². The molecule has 0 heterocycles. The maximum absolute atomic E-state index is 12.0. The maximum Gasteiger partial charge on any atom is 0.311 e. The van der Waals surface area contributed by atoms with Crippen molar-refractivity contribution in [1.29, 1.82) is 0 Å². The first-order chi connectivity index (χ1) is 9.22. The lowest BCUT2D eigenvalue weighted by Crippen LogP contribution is -2.28. The summed E-state index contributed by atoms with van der Waals surface area (Å²) in [6.45, 7) is 8.20. The topological polar surface area (TPSA) is 66.8 Å². The van der Waals surface area contributed by atoms with E-state index in [9.17, 15) is 15.0 Å². The molecule has 0 saturated heterocycles. The number of phenolic OH excluding ortho intramolecular Hbond substituents is 2. The van der Waals surface area contributed by atoms with Crippen molar-refractivity contribution >= 4 is 5.97 Å². The maximum atomic E-state index is 12.0. The molecule has 1 rings (SSSR count). The van der Waals surface area contributed by atoms with Gasteiger partial charge in [0.05, 0.1) is 12.0 Å². The molecule has 0 bridgehead atoms. The molecule has 4 nitrogen and oxygen atoms in total.